The Labute approximate surface area is 412 Å². The second-order valence-electron chi connectivity index (χ2n) is 19.5. The molecule has 10 rings (SSSR count). The number of H-pyrrole nitrogens is 2. The van der Waals surface area contributed by atoms with Crippen LogP contribution >= 0.6 is 0 Å². The van der Waals surface area contributed by atoms with Crippen LogP contribution in [0, 0.1) is 11.8 Å². The number of alkyl carbamates (subject to hydrolysis) is 2. The van der Waals surface area contributed by atoms with E-state index in [-0.39, 0.29) is 35.7 Å². The van der Waals surface area contributed by atoms with E-state index in [2.05, 4.69) is 96.8 Å². The maximum absolute atomic E-state index is 13.9. The zero-order chi connectivity index (χ0) is 49.5. The summed E-state index contributed by atoms with van der Waals surface area (Å²) in [6, 6.07) is 21.4. The predicted molar refractivity (Wildman–Crippen MR) is 266 cm³/mol. The predicted octanol–water partition coefficient (Wildman–Crippen LogP) is 7.95. The normalized spacial score (nSPS) is 19.6. The molecule has 0 saturated carbocycles. The minimum Gasteiger partial charge on any atom is -0.465 e. The number of hydrogen-bond acceptors (Lipinski definition) is 11. The van der Waals surface area contributed by atoms with Crippen molar-refractivity contribution in [3.05, 3.63) is 96.3 Å². The fraction of sp³-hybridized carbons (Fsp3) is 0.434. The largest absolute Gasteiger partial charge is 0.465 e. The number of morpholine rings is 1. The number of rotatable bonds is 12. The van der Waals surface area contributed by atoms with Crippen LogP contribution in [0.2, 0.25) is 0 Å². The highest BCUT2D eigenvalue weighted by Crippen LogP contribution is 2.47. The van der Waals surface area contributed by atoms with Gasteiger partial charge in [-0.05, 0) is 80.0 Å². The molecule has 71 heavy (non-hydrogen) atoms. The van der Waals surface area contributed by atoms with Gasteiger partial charge in [-0.1, -0.05) is 52.0 Å². The number of carbonyl (C=O) groups excluding carboxylic acids is 4. The first kappa shape index (κ1) is 47.3. The van der Waals surface area contributed by atoms with Crippen molar-refractivity contribution in [1.82, 2.24) is 44.9 Å². The molecule has 3 aromatic heterocycles. The molecule has 18 nitrogen and oxygen atoms in total. The molecule has 0 spiro atoms. The molecule has 0 radical (unpaired) electrons. The monoisotopic (exact) mass is 966 g/mol. The van der Waals surface area contributed by atoms with E-state index in [1.54, 1.807) is 0 Å². The maximum atomic E-state index is 13.9. The topological polar surface area (TPSA) is 201 Å². The third-order valence-corrected chi connectivity index (χ3v) is 14.4. The van der Waals surface area contributed by atoms with E-state index in [0.717, 1.165) is 100 Å². The Bertz CT molecular complexity index is 2950. The number of methoxy groups -OCH3 is 2. The van der Waals surface area contributed by atoms with Crippen molar-refractivity contribution in [2.24, 2.45) is 11.8 Å². The Morgan fingerprint density at radius 2 is 1.28 bits per heavy atom. The number of anilines is 1. The van der Waals surface area contributed by atoms with Crippen molar-refractivity contribution < 1.29 is 38.1 Å². The fourth-order valence-electron chi connectivity index (χ4n) is 10.6. The molecule has 1 unspecified atom stereocenters. The number of fused-ring (bicyclic) bond motifs is 5. The first-order valence-corrected chi connectivity index (χ1v) is 24.7. The maximum Gasteiger partial charge on any atom is 0.407 e. The smallest absolute Gasteiger partial charge is 0.407 e. The van der Waals surface area contributed by atoms with E-state index < -0.39 is 30.5 Å². The highest BCUT2D eigenvalue weighted by atomic mass is 16.5. The van der Waals surface area contributed by atoms with Crippen molar-refractivity contribution in [2.75, 3.05) is 58.5 Å². The standard InChI is InChI=1S/C53H62N10O8/c1-30(2)45(58-52(66)68-5)49(64)61-18-8-12-41(61)47-54-28-38(56-47)32-15-17-40-35(24-32)26-43-37-16-14-33(27-44(37)71-51(63(40)43)34-10-7-11-36(25-34)60-20-22-70-23-21-60)39-29-55-48(57-39)42-13-9-19-62(42)50(65)46(31(3)4)59-53(67)69-6/h7,10-11,14-17,24-31,41-42,45-46,51H,8-9,12-13,18-23H2,1-6H3,(H,54,56)(H,55,57)(H,58,66)(H,59,67)/t41-,42-,45-,46-,51?/m0/s1. The van der Waals surface area contributed by atoms with Crippen molar-refractivity contribution in [3.63, 3.8) is 0 Å². The lowest BCUT2D eigenvalue weighted by atomic mass is 10.0. The number of amides is 4. The number of aromatic amines is 2. The van der Waals surface area contributed by atoms with E-state index in [4.69, 9.17) is 28.9 Å². The summed E-state index contributed by atoms with van der Waals surface area (Å²) in [7, 11) is 2.59. The third-order valence-electron chi connectivity index (χ3n) is 14.4. The molecule has 0 aliphatic carbocycles. The van der Waals surface area contributed by atoms with Crippen LogP contribution in [0.1, 0.15) is 88.9 Å². The third kappa shape index (κ3) is 9.16. The molecule has 4 aliphatic heterocycles. The van der Waals surface area contributed by atoms with Gasteiger partial charge in [0.2, 0.25) is 18.0 Å². The van der Waals surface area contributed by atoms with Crippen molar-refractivity contribution in [2.45, 2.75) is 83.8 Å². The first-order valence-electron chi connectivity index (χ1n) is 24.7. The molecule has 4 N–H and O–H groups in total. The molecule has 3 aromatic carbocycles. The molecule has 3 saturated heterocycles. The van der Waals surface area contributed by atoms with Gasteiger partial charge in [-0.3, -0.25) is 9.59 Å². The summed E-state index contributed by atoms with van der Waals surface area (Å²) in [6.45, 7) is 11.7. The van der Waals surface area contributed by atoms with Gasteiger partial charge in [-0.25, -0.2) is 19.6 Å². The Morgan fingerprint density at radius 1 is 0.704 bits per heavy atom. The zero-order valence-electron chi connectivity index (χ0n) is 41.1. The summed E-state index contributed by atoms with van der Waals surface area (Å²) in [5, 5.41) is 6.48. The molecule has 4 amide bonds. The first-order chi connectivity index (χ1) is 34.4. The van der Waals surface area contributed by atoms with Crippen LogP contribution in [-0.2, 0) is 23.8 Å². The van der Waals surface area contributed by atoms with E-state index in [1.807, 2.05) is 49.9 Å². The Kier molecular flexibility index (Phi) is 13.2. The molecule has 0 bridgehead atoms. The minimum absolute atomic E-state index is 0.135. The molecular weight excluding hydrogens is 905 g/mol. The number of likely N-dealkylation sites (tertiary alicyclic amines) is 2. The van der Waals surface area contributed by atoms with Crippen LogP contribution in [0.4, 0.5) is 15.3 Å². The van der Waals surface area contributed by atoms with Crippen molar-refractivity contribution >= 4 is 40.6 Å². The van der Waals surface area contributed by atoms with Crippen LogP contribution in [0.15, 0.2) is 79.1 Å². The average molecular weight is 967 g/mol. The number of nitrogens with one attached hydrogen (secondary N) is 4. The highest BCUT2D eigenvalue weighted by Gasteiger charge is 2.39. The van der Waals surface area contributed by atoms with Gasteiger partial charge >= 0.3 is 12.2 Å². The Hall–Kier alpha value is -7.34. The molecule has 7 heterocycles. The van der Waals surface area contributed by atoms with Gasteiger partial charge in [0, 0.05) is 59.5 Å². The molecule has 4 aliphatic rings. The van der Waals surface area contributed by atoms with Crippen LogP contribution in [0.25, 0.3) is 44.7 Å². The summed E-state index contributed by atoms with van der Waals surface area (Å²) in [4.78, 5) is 74.8. The lowest BCUT2D eigenvalue weighted by molar-refractivity contribution is -0.136. The molecular formula is C53H62N10O8. The summed E-state index contributed by atoms with van der Waals surface area (Å²) >= 11 is 0. The second kappa shape index (κ2) is 19.8. The van der Waals surface area contributed by atoms with Crippen molar-refractivity contribution in [1.29, 1.82) is 0 Å². The van der Waals surface area contributed by atoms with Crippen LogP contribution in [0.5, 0.6) is 5.75 Å². The number of hydrogen-bond donors (Lipinski definition) is 4. The highest BCUT2D eigenvalue weighted by molar-refractivity contribution is 5.93. The number of ether oxygens (including phenoxy) is 4. The second-order valence-corrected chi connectivity index (χ2v) is 19.5. The van der Waals surface area contributed by atoms with Crippen LogP contribution in [0.3, 0.4) is 0 Å². The van der Waals surface area contributed by atoms with Gasteiger partial charge < -0.3 is 58.8 Å². The number of imidazole rings is 2. The number of benzene rings is 3. The fourth-order valence-corrected chi connectivity index (χ4v) is 10.6. The van der Waals surface area contributed by atoms with Crippen LogP contribution < -0.4 is 20.3 Å². The van der Waals surface area contributed by atoms with E-state index >= 15 is 0 Å². The number of aromatic nitrogens is 5. The quantitative estimate of drug-likeness (QED) is 0.0928. The lowest BCUT2D eigenvalue weighted by Gasteiger charge is -2.32. The lowest BCUT2D eigenvalue weighted by Crippen LogP contribution is -2.51. The Morgan fingerprint density at radius 3 is 1.86 bits per heavy atom. The minimum atomic E-state index is -0.729. The van der Waals surface area contributed by atoms with Gasteiger partial charge in [0.25, 0.3) is 0 Å². The SMILES string of the molecule is COC(=O)N[C@H](C(=O)N1CCC[C@H]1c1ncc(-c2ccc3c(c2)OC(c2cccc(N4CCOCC4)c2)n2c-3cc3cc(-c4cnc([C@@H]5CCCN5C(=O)[C@@H](NC(=O)OC)C(C)C)[nH]4)ccc32)[nH]1)C(C)C. The zero-order valence-corrected chi connectivity index (χ0v) is 41.1. The molecule has 372 valence electrons. The molecule has 6 aromatic rings. The molecule has 18 heteroatoms. The van der Waals surface area contributed by atoms with Gasteiger partial charge in [0.05, 0.1) is 74.5 Å². The number of nitrogens with zero attached hydrogens (tertiary/aromatic N) is 6. The summed E-state index contributed by atoms with van der Waals surface area (Å²) in [5.41, 5.74) is 8.50. The van der Waals surface area contributed by atoms with E-state index in [0.29, 0.717) is 38.0 Å². The number of carbonyl (C=O) groups is 4. The van der Waals surface area contributed by atoms with Crippen molar-refractivity contribution in [3.8, 4) is 39.5 Å². The van der Waals surface area contributed by atoms with E-state index in [9.17, 15) is 19.2 Å². The van der Waals surface area contributed by atoms with Gasteiger partial charge in [0.15, 0.2) is 0 Å². The summed E-state index contributed by atoms with van der Waals surface area (Å²) < 4.78 is 24.7. The van der Waals surface area contributed by atoms with Gasteiger partial charge in [-0.15, -0.1) is 0 Å². The summed E-state index contributed by atoms with van der Waals surface area (Å²) in [5.74, 6) is 1.51. The molecule has 5 atom stereocenters. The Balaban J connectivity index is 0.970. The molecule has 3 fully saturated rings. The van der Waals surface area contributed by atoms with Gasteiger partial charge in [0.1, 0.15) is 29.5 Å². The average Bonchev–Trinajstić information content (AvgIpc) is 4.26. The summed E-state index contributed by atoms with van der Waals surface area (Å²) in [6.07, 6.45) is 4.98. The van der Waals surface area contributed by atoms with Gasteiger partial charge in [-0.2, -0.15) is 0 Å². The van der Waals surface area contributed by atoms with E-state index in [1.165, 1.54) is 14.2 Å². The van der Waals surface area contributed by atoms with Crippen LogP contribution in [-0.4, -0.2) is 124 Å².